The summed E-state index contributed by atoms with van der Waals surface area (Å²) in [6.07, 6.45) is -4.86. The third kappa shape index (κ3) is 4.23. The highest BCUT2D eigenvalue weighted by molar-refractivity contribution is 7.92. The Balaban J connectivity index is 2.49. The van der Waals surface area contributed by atoms with Crippen molar-refractivity contribution in [2.24, 2.45) is 0 Å². The second-order valence-electron chi connectivity index (χ2n) is 4.79. The SMILES string of the molecule is COC(=O)c1ccc(Cl)c(NS(=O)(=O)c2ccccc2C(F)(F)F)c1. The lowest BCUT2D eigenvalue weighted by molar-refractivity contribution is -0.139. The molecule has 5 nitrogen and oxygen atoms in total. The first-order valence-electron chi connectivity index (χ1n) is 6.63. The Morgan fingerprint density at radius 3 is 2.40 bits per heavy atom. The van der Waals surface area contributed by atoms with E-state index in [1.54, 1.807) is 0 Å². The highest BCUT2D eigenvalue weighted by Gasteiger charge is 2.37. The molecule has 0 atom stereocenters. The highest BCUT2D eigenvalue weighted by Crippen LogP contribution is 2.35. The number of anilines is 1. The zero-order chi connectivity index (χ0) is 18.8. The van der Waals surface area contributed by atoms with Crippen molar-refractivity contribution >= 4 is 33.3 Å². The summed E-state index contributed by atoms with van der Waals surface area (Å²) in [6, 6.07) is 7.30. The number of nitrogens with one attached hydrogen (secondary N) is 1. The molecule has 25 heavy (non-hydrogen) atoms. The molecule has 0 amide bonds. The molecule has 0 spiro atoms. The van der Waals surface area contributed by atoms with Gasteiger partial charge in [0.25, 0.3) is 10.0 Å². The molecule has 0 saturated heterocycles. The van der Waals surface area contributed by atoms with Crippen LogP contribution in [0.4, 0.5) is 18.9 Å². The van der Waals surface area contributed by atoms with Crippen molar-refractivity contribution in [3.05, 3.63) is 58.6 Å². The van der Waals surface area contributed by atoms with Gasteiger partial charge in [0.05, 0.1) is 33.8 Å². The molecule has 0 aliphatic carbocycles. The molecule has 0 unspecified atom stereocenters. The highest BCUT2D eigenvalue weighted by atomic mass is 35.5. The Hall–Kier alpha value is -2.26. The van der Waals surface area contributed by atoms with Crippen molar-refractivity contribution in [1.29, 1.82) is 0 Å². The predicted octanol–water partition coefficient (Wildman–Crippen LogP) is 3.95. The monoisotopic (exact) mass is 393 g/mol. The zero-order valence-electron chi connectivity index (χ0n) is 12.6. The van der Waals surface area contributed by atoms with E-state index < -0.39 is 32.6 Å². The number of sulfonamides is 1. The average Bonchev–Trinajstić information content (AvgIpc) is 2.55. The smallest absolute Gasteiger partial charge is 0.417 e. The molecule has 2 aromatic carbocycles. The van der Waals surface area contributed by atoms with Gasteiger partial charge in [-0.15, -0.1) is 0 Å². The maximum absolute atomic E-state index is 13.0. The summed E-state index contributed by atoms with van der Waals surface area (Å²) >= 11 is 5.87. The number of ether oxygens (including phenoxy) is 1. The van der Waals surface area contributed by atoms with Crippen LogP contribution in [-0.4, -0.2) is 21.5 Å². The first-order valence-corrected chi connectivity index (χ1v) is 8.49. The number of carbonyl (C=O) groups excluding carboxylic acids is 1. The molecule has 0 saturated carbocycles. The molecule has 0 aromatic heterocycles. The molecule has 0 aliphatic rings. The summed E-state index contributed by atoms with van der Waals surface area (Å²) in [6.45, 7) is 0. The van der Waals surface area contributed by atoms with Gasteiger partial charge in [0.2, 0.25) is 0 Å². The van der Waals surface area contributed by atoms with Crippen molar-refractivity contribution in [2.75, 3.05) is 11.8 Å². The van der Waals surface area contributed by atoms with Gasteiger partial charge in [-0.25, -0.2) is 13.2 Å². The summed E-state index contributed by atoms with van der Waals surface area (Å²) in [7, 11) is -3.48. The van der Waals surface area contributed by atoms with E-state index in [4.69, 9.17) is 11.6 Å². The number of esters is 1. The van der Waals surface area contributed by atoms with Crippen molar-refractivity contribution in [1.82, 2.24) is 0 Å². The second-order valence-corrected chi connectivity index (χ2v) is 6.84. The van der Waals surface area contributed by atoms with Gasteiger partial charge in [-0.1, -0.05) is 23.7 Å². The number of hydrogen-bond acceptors (Lipinski definition) is 4. The minimum absolute atomic E-state index is 0.0197. The van der Waals surface area contributed by atoms with Crippen molar-refractivity contribution in [3.8, 4) is 0 Å². The summed E-state index contributed by atoms with van der Waals surface area (Å²) < 4.78 is 70.3. The molecule has 134 valence electrons. The van der Waals surface area contributed by atoms with E-state index in [-0.39, 0.29) is 16.3 Å². The van der Waals surface area contributed by atoms with Gasteiger partial charge >= 0.3 is 12.1 Å². The summed E-state index contributed by atoms with van der Waals surface area (Å²) in [5.74, 6) is -0.757. The van der Waals surface area contributed by atoms with E-state index >= 15 is 0 Å². The minimum atomic E-state index is -4.86. The second kappa shape index (κ2) is 6.93. The minimum Gasteiger partial charge on any atom is -0.465 e. The van der Waals surface area contributed by atoms with Gasteiger partial charge in [0, 0.05) is 0 Å². The van der Waals surface area contributed by atoms with Gasteiger partial charge in [0.1, 0.15) is 0 Å². The van der Waals surface area contributed by atoms with Gasteiger partial charge in [-0.05, 0) is 30.3 Å². The lowest BCUT2D eigenvalue weighted by Gasteiger charge is -2.15. The van der Waals surface area contributed by atoms with E-state index in [1.807, 2.05) is 4.72 Å². The van der Waals surface area contributed by atoms with Crippen LogP contribution in [0.1, 0.15) is 15.9 Å². The largest absolute Gasteiger partial charge is 0.465 e. The fourth-order valence-electron chi connectivity index (χ4n) is 1.98. The Labute approximate surface area is 146 Å². The molecule has 0 bridgehead atoms. The molecule has 0 aliphatic heterocycles. The maximum Gasteiger partial charge on any atom is 0.417 e. The van der Waals surface area contributed by atoms with Gasteiger partial charge in [0.15, 0.2) is 0 Å². The van der Waals surface area contributed by atoms with Crippen LogP contribution in [0.15, 0.2) is 47.4 Å². The Bertz CT molecular complexity index is 913. The van der Waals surface area contributed by atoms with E-state index in [2.05, 4.69) is 4.74 Å². The Kier molecular flexibility index (Phi) is 5.28. The lowest BCUT2D eigenvalue weighted by atomic mass is 10.2. The molecule has 1 N–H and O–H groups in total. The molecule has 2 aromatic rings. The predicted molar refractivity (Wildman–Crippen MR) is 85.0 cm³/mol. The van der Waals surface area contributed by atoms with Crippen LogP contribution < -0.4 is 4.72 Å². The number of methoxy groups -OCH3 is 1. The van der Waals surface area contributed by atoms with Crippen LogP contribution in [0.25, 0.3) is 0 Å². The first-order chi connectivity index (χ1) is 11.6. The molecular formula is C15H11ClF3NO4S. The van der Waals surface area contributed by atoms with Crippen LogP contribution >= 0.6 is 11.6 Å². The number of halogens is 4. The zero-order valence-corrected chi connectivity index (χ0v) is 14.2. The molecule has 0 heterocycles. The van der Waals surface area contributed by atoms with Crippen LogP contribution in [0.5, 0.6) is 0 Å². The van der Waals surface area contributed by atoms with Gasteiger partial charge in [-0.2, -0.15) is 13.2 Å². The van der Waals surface area contributed by atoms with Crippen LogP contribution in [0.2, 0.25) is 5.02 Å². The normalized spacial score (nSPS) is 11.9. The fourth-order valence-corrected chi connectivity index (χ4v) is 3.50. The van der Waals surface area contributed by atoms with Gasteiger partial charge < -0.3 is 4.74 Å². The van der Waals surface area contributed by atoms with E-state index in [9.17, 15) is 26.4 Å². The van der Waals surface area contributed by atoms with E-state index in [0.29, 0.717) is 6.07 Å². The van der Waals surface area contributed by atoms with Crippen LogP contribution in [0.3, 0.4) is 0 Å². The maximum atomic E-state index is 13.0. The Morgan fingerprint density at radius 2 is 1.80 bits per heavy atom. The first kappa shape index (κ1) is 19.1. The summed E-state index contributed by atoms with van der Waals surface area (Å²) in [5.41, 5.74) is -1.59. The Morgan fingerprint density at radius 1 is 1.16 bits per heavy atom. The van der Waals surface area contributed by atoms with Crippen LogP contribution in [-0.2, 0) is 20.9 Å². The lowest BCUT2D eigenvalue weighted by Crippen LogP contribution is -2.19. The third-order valence-corrected chi connectivity index (χ3v) is 4.87. The number of benzene rings is 2. The fraction of sp³-hybridized carbons (Fsp3) is 0.133. The summed E-state index contributed by atoms with van der Waals surface area (Å²) in [4.78, 5) is 10.6. The van der Waals surface area contributed by atoms with Crippen molar-refractivity contribution < 1.29 is 31.1 Å². The average molecular weight is 394 g/mol. The molecule has 2 rings (SSSR count). The van der Waals surface area contributed by atoms with Crippen molar-refractivity contribution in [2.45, 2.75) is 11.1 Å². The molecule has 10 heteroatoms. The molecular weight excluding hydrogens is 383 g/mol. The standard InChI is InChI=1S/C15H11ClF3NO4S/c1-24-14(21)9-6-7-11(16)12(8-9)20-25(22,23)13-5-3-2-4-10(13)15(17,18)19/h2-8,20H,1H3. The van der Waals surface area contributed by atoms with E-state index in [0.717, 1.165) is 31.4 Å². The molecule has 0 radical (unpaired) electrons. The van der Waals surface area contributed by atoms with Crippen molar-refractivity contribution in [3.63, 3.8) is 0 Å². The summed E-state index contributed by atoms with van der Waals surface area (Å²) in [5, 5.41) is -0.0966. The van der Waals surface area contributed by atoms with E-state index in [1.165, 1.54) is 12.1 Å². The topological polar surface area (TPSA) is 72.5 Å². The van der Waals surface area contributed by atoms with Crippen LogP contribution in [0, 0.1) is 0 Å². The molecule has 0 fully saturated rings. The quantitative estimate of drug-likeness (QED) is 0.798. The number of rotatable bonds is 4. The van der Waals surface area contributed by atoms with Gasteiger partial charge in [-0.3, -0.25) is 4.72 Å². The third-order valence-electron chi connectivity index (χ3n) is 3.11. The number of alkyl halides is 3. The number of carbonyl (C=O) groups is 1. The number of hydrogen-bond donors (Lipinski definition) is 1.